The lowest BCUT2D eigenvalue weighted by molar-refractivity contribution is 0.431. The van der Waals surface area contributed by atoms with Gasteiger partial charge in [-0.15, -0.1) is 0 Å². The second kappa shape index (κ2) is 4.73. The van der Waals surface area contributed by atoms with Crippen LogP contribution in [-0.4, -0.2) is 25.1 Å². The average molecular weight is 295 g/mol. The van der Waals surface area contributed by atoms with E-state index in [9.17, 15) is 4.39 Å². The van der Waals surface area contributed by atoms with Crippen LogP contribution in [0, 0.1) is 12.9 Å². The third kappa shape index (κ3) is 2.03. The molecular weight excluding hydrogens is 285 g/mol. The first-order valence-electron chi connectivity index (χ1n) is 6.61. The Kier molecular flexibility index (Phi) is 2.72. The molecule has 0 aliphatic rings. The summed E-state index contributed by atoms with van der Waals surface area (Å²) in [5, 5.41) is 4.92. The van der Waals surface area contributed by atoms with Crippen molar-refractivity contribution in [1.82, 2.24) is 25.1 Å². The van der Waals surface area contributed by atoms with Crippen molar-refractivity contribution in [3.8, 4) is 22.8 Å². The summed E-state index contributed by atoms with van der Waals surface area (Å²) in [6.45, 7) is 1.69. The number of hydrogen-bond donors (Lipinski definition) is 1. The van der Waals surface area contributed by atoms with Gasteiger partial charge >= 0.3 is 0 Å². The van der Waals surface area contributed by atoms with E-state index in [4.69, 9.17) is 4.52 Å². The lowest BCUT2D eigenvalue weighted by Gasteiger charge is -1.98. The van der Waals surface area contributed by atoms with Crippen LogP contribution in [0.2, 0.25) is 0 Å². The highest BCUT2D eigenvalue weighted by molar-refractivity contribution is 5.80. The number of aromatic amines is 1. The number of fused-ring (bicyclic) bond motifs is 1. The Hall–Kier alpha value is -3.09. The summed E-state index contributed by atoms with van der Waals surface area (Å²) >= 11 is 0. The van der Waals surface area contributed by atoms with Crippen LogP contribution >= 0.6 is 0 Å². The molecule has 22 heavy (non-hydrogen) atoms. The van der Waals surface area contributed by atoms with Crippen molar-refractivity contribution in [3.63, 3.8) is 0 Å². The molecule has 0 aromatic carbocycles. The monoisotopic (exact) mass is 295 g/mol. The maximum Gasteiger partial charge on any atom is 0.260 e. The standard InChI is InChI=1S/C15H10FN5O/c1-8-11(2-3-12(16)19-8)15-20-14(21-22-15)10-6-9-4-5-17-13(9)18-7-10/h2-7H,1H3,(H,17,18). The van der Waals surface area contributed by atoms with Crippen LogP contribution < -0.4 is 0 Å². The Morgan fingerprint density at radius 3 is 2.95 bits per heavy atom. The van der Waals surface area contributed by atoms with Crippen LogP contribution in [0.4, 0.5) is 4.39 Å². The van der Waals surface area contributed by atoms with Crippen LogP contribution in [0.3, 0.4) is 0 Å². The molecule has 0 amide bonds. The van der Waals surface area contributed by atoms with E-state index in [2.05, 4.69) is 25.1 Å². The lowest BCUT2D eigenvalue weighted by Crippen LogP contribution is -1.91. The number of H-pyrrole nitrogens is 1. The van der Waals surface area contributed by atoms with E-state index >= 15 is 0 Å². The molecule has 4 aromatic rings. The first-order chi connectivity index (χ1) is 10.7. The number of hydrogen-bond acceptors (Lipinski definition) is 5. The first-order valence-corrected chi connectivity index (χ1v) is 6.61. The van der Waals surface area contributed by atoms with Crippen molar-refractivity contribution in [2.75, 3.05) is 0 Å². The molecule has 6 nitrogen and oxygen atoms in total. The highest BCUT2D eigenvalue weighted by Crippen LogP contribution is 2.25. The van der Waals surface area contributed by atoms with Gasteiger partial charge in [-0.1, -0.05) is 5.16 Å². The molecule has 0 saturated carbocycles. The fourth-order valence-electron chi connectivity index (χ4n) is 2.27. The molecule has 0 unspecified atom stereocenters. The fraction of sp³-hybridized carbons (Fsp3) is 0.0667. The molecule has 7 heteroatoms. The third-order valence-corrected chi connectivity index (χ3v) is 3.37. The Labute approximate surface area is 124 Å². The molecule has 1 N–H and O–H groups in total. The number of nitrogens with zero attached hydrogens (tertiary/aromatic N) is 4. The second-order valence-corrected chi connectivity index (χ2v) is 4.83. The highest BCUT2D eigenvalue weighted by Gasteiger charge is 2.14. The predicted molar refractivity (Wildman–Crippen MR) is 77.3 cm³/mol. The van der Waals surface area contributed by atoms with Gasteiger partial charge in [-0.25, -0.2) is 9.97 Å². The normalized spacial score (nSPS) is 11.2. The van der Waals surface area contributed by atoms with Gasteiger partial charge in [-0.2, -0.15) is 9.37 Å². The van der Waals surface area contributed by atoms with Gasteiger partial charge in [0.2, 0.25) is 11.8 Å². The molecule has 0 aliphatic carbocycles. The van der Waals surface area contributed by atoms with Gasteiger partial charge in [0.1, 0.15) is 5.65 Å². The van der Waals surface area contributed by atoms with Crippen LogP contribution in [0.1, 0.15) is 5.69 Å². The zero-order valence-corrected chi connectivity index (χ0v) is 11.5. The molecule has 0 spiro atoms. The maximum absolute atomic E-state index is 13.1. The number of pyridine rings is 2. The molecular formula is C15H10FN5O. The summed E-state index contributed by atoms with van der Waals surface area (Å²) in [5.74, 6) is 0.187. The van der Waals surface area contributed by atoms with Crippen molar-refractivity contribution in [1.29, 1.82) is 0 Å². The first kappa shape index (κ1) is 12.6. The minimum absolute atomic E-state index is 0.300. The summed E-state index contributed by atoms with van der Waals surface area (Å²) in [5.41, 5.74) is 2.64. The quantitative estimate of drug-likeness (QED) is 0.575. The van der Waals surface area contributed by atoms with Crippen LogP contribution in [0.15, 0.2) is 41.2 Å². The molecule has 0 atom stereocenters. The maximum atomic E-state index is 13.1. The molecule has 0 bridgehead atoms. The van der Waals surface area contributed by atoms with Crippen LogP contribution in [-0.2, 0) is 0 Å². The van der Waals surface area contributed by atoms with Crippen LogP contribution in [0.25, 0.3) is 33.9 Å². The predicted octanol–water partition coefficient (Wildman–Crippen LogP) is 3.12. The number of aromatic nitrogens is 5. The topological polar surface area (TPSA) is 80.5 Å². The van der Waals surface area contributed by atoms with E-state index < -0.39 is 5.95 Å². The number of aryl methyl sites for hydroxylation is 1. The van der Waals surface area contributed by atoms with E-state index in [1.165, 1.54) is 6.07 Å². The molecule has 108 valence electrons. The van der Waals surface area contributed by atoms with Crippen molar-refractivity contribution in [3.05, 3.63) is 48.3 Å². The zero-order valence-electron chi connectivity index (χ0n) is 11.5. The van der Waals surface area contributed by atoms with E-state index in [0.29, 0.717) is 23.0 Å². The minimum atomic E-state index is -0.539. The van der Waals surface area contributed by atoms with Gasteiger partial charge < -0.3 is 9.51 Å². The average Bonchev–Trinajstić information content (AvgIpc) is 3.15. The zero-order chi connectivity index (χ0) is 15.1. The fourth-order valence-corrected chi connectivity index (χ4v) is 2.27. The lowest BCUT2D eigenvalue weighted by atomic mass is 10.2. The third-order valence-electron chi connectivity index (χ3n) is 3.37. The van der Waals surface area contributed by atoms with Gasteiger partial charge in [0, 0.05) is 23.3 Å². The van der Waals surface area contributed by atoms with Gasteiger partial charge in [0.05, 0.1) is 11.3 Å². The highest BCUT2D eigenvalue weighted by atomic mass is 19.1. The number of nitrogens with one attached hydrogen (secondary N) is 1. The molecule has 0 radical (unpaired) electrons. The molecule has 4 aromatic heterocycles. The molecule has 0 saturated heterocycles. The SMILES string of the molecule is Cc1nc(F)ccc1-c1nc(-c2cnc3[nH]ccc3c2)no1. The van der Waals surface area contributed by atoms with Gasteiger partial charge in [0.15, 0.2) is 0 Å². The second-order valence-electron chi connectivity index (χ2n) is 4.83. The summed E-state index contributed by atoms with van der Waals surface area (Å²) in [6, 6.07) is 6.67. The van der Waals surface area contributed by atoms with E-state index in [-0.39, 0.29) is 0 Å². The largest absolute Gasteiger partial charge is 0.346 e. The Balaban J connectivity index is 1.77. The molecule has 4 rings (SSSR count). The van der Waals surface area contributed by atoms with E-state index in [1.807, 2.05) is 18.3 Å². The molecule has 4 heterocycles. The Morgan fingerprint density at radius 1 is 1.18 bits per heavy atom. The van der Waals surface area contributed by atoms with E-state index in [1.54, 1.807) is 19.2 Å². The van der Waals surface area contributed by atoms with Crippen molar-refractivity contribution >= 4 is 11.0 Å². The Morgan fingerprint density at radius 2 is 2.09 bits per heavy atom. The van der Waals surface area contributed by atoms with Crippen molar-refractivity contribution in [2.45, 2.75) is 6.92 Å². The number of rotatable bonds is 2. The Bertz CT molecular complexity index is 975. The number of halogens is 1. The van der Waals surface area contributed by atoms with Gasteiger partial charge in [0.25, 0.3) is 5.89 Å². The summed E-state index contributed by atoms with van der Waals surface area (Å²) in [6.07, 6.45) is 3.49. The van der Waals surface area contributed by atoms with E-state index in [0.717, 1.165) is 16.6 Å². The van der Waals surface area contributed by atoms with Gasteiger partial charge in [-0.3, -0.25) is 0 Å². The van der Waals surface area contributed by atoms with Crippen LogP contribution in [0.5, 0.6) is 0 Å². The minimum Gasteiger partial charge on any atom is -0.346 e. The summed E-state index contributed by atoms with van der Waals surface area (Å²) in [7, 11) is 0. The van der Waals surface area contributed by atoms with Crippen molar-refractivity contribution in [2.24, 2.45) is 0 Å². The smallest absolute Gasteiger partial charge is 0.260 e. The summed E-state index contributed by atoms with van der Waals surface area (Å²) < 4.78 is 18.3. The summed E-state index contributed by atoms with van der Waals surface area (Å²) in [4.78, 5) is 15.4. The van der Waals surface area contributed by atoms with Crippen molar-refractivity contribution < 1.29 is 8.91 Å². The molecule has 0 fully saturated rings. The van der Waals surface area contributed by atoms with Gasteiger partial charge in [-0.05, 0) is 31.2 Å². The molecule has 0 aliphatic heterocycles.